The summed E-state index contributed by atoms with van der Waals surface area (Å²) in [6.07, 6.45) is 4.57. The summed E-state index contributed by atoms with van der Waals surface area (Å²) in [4.78, 5) is 46.0. The minimum atomic E-state index is -0.765. The number of likely N-dealkylation sites (tertiary alicyclic amines) is 1. The quantitative estimate of drug-likeness (QED) is 0.868. The highest BCUT2D eigenvalue weighted by Gasteiger charge is 2.33. The average molecular weight is 327 g/mol. The van der Waals surface area contributed by atoms with Crippen molar-refractivity contribution in [1.29, 1.82) is 0 Å². The maximum atomic E-state index is 12.7. The summed E-state index contributed by atoms with van der Waals surface area (Å²) in [5.41, 5.74) is 5.31. The van der Waals surface area contributed by atoms with E-state index in [2.05, 4.69) is 9.97 Å². The molecule has 0 radical (unpaired) electrons. The molecule has 1 aliphatic rings. The second-order valence-corrected chi connectivity index (χ2v) is 5.65. The van der Waals surface area contributed by atoms with Crippen molar-refractivity contribution in [3.05, 3.63) is 58.0 Å². The number of nitrogens with zero attached hydrogens (tertiary/aromatic N) is 4. The van der Waals surface area contributed by atoms with Gasteiger partial charge in [0, 0.05) is 37.6 Å². The van der Waals surface area contributed by atoms with Crippen LogP contribution < -0.4 is 11.3 Å². The molecule has 0 saturated carbocycles. The van der Waals surface area contributed by atoms with Crippen molar-refractivity contribution in [2.75, 3.05) is 6.54 Å². The van der Waals surface area contributed by atoms with Crippen LogP contribution in [-0.4, -0.2) is 37.8 Å². The lowest BCUT2D eigenvalue weighted by atomic mass is 10.1. The van der Waals surface area contributed by atoms with Gasteiger partial charge in [0.05, 0.1) is 6.04 Å². The number of primary amides is 1. The minimum Gasteiger partial charge on any atom is -0.364 e. The third-order valence-corrected chi connectivity index (χ3v) is 4.16. The van der Waals surface area contributed by atoms with Crippen LogP contribution in [-0.2, 0) is 7.05 Å². The lowest BCUT2D eigenvalue weighted by Crippen LogP contribution is -2.35. The number of hydrogen-bond donors (Lipinski definition) is 1. The molecular weight excluding hydrogens is 310 g/mol. The standard InChI is InChI=1S/C16H17N5O3/c1-20-13(22)9-11(14(17)23)19-15(20)12-3-2-8-21(12)16(24)10-4-6-18-7-5-10/h4-7,9,12H,2-3,8H2,1H3,(H2,17,23). The lowest BCUT2D eigenvalue weighted by Gasteiger charge is -2.25. The average Bonchev–Trinajstić information content (AvgIpc) is 3.06. The first-order valence-electron chi connectivity index (χ1n) is 7.58. The molecule has 24 heavy (non-hydrogen) atoms. The molecule has 0 aromatic carbocycles. The molecule has 0 bridgehead atoms. The molecule has 2 aromatic rings. The van der Waals surface area contributed by atoms with Gasteiger partial charge in [0.15, 0.2) is 0 Å². The number of rotatable bonds is 3. The van der Waals surface area contributed by atoms with Crippen LogP contribution in [0.15, 0.2) is 35.4 Å². The minimum absolute atomic E-state index is 0.0867. The molecule has 8 heteroatoms. The SMILES string of the molecule is Cn1c(C2CCCN2C(=O)c2ccncc2)nc(C(N)=O)cc1=O. The third-order valence-electron chi connectivity index (χ3n) is 4.16. The van der Waals surface area contributed by atoms with E-state index in [-0.39, 0.29) is 23.2 Å². The van der Waals surface area contributed by atoms with Crippen LogP contribution in [0.3, 0.4) is 0 Å². The number of amides is 2. The Hall–Kier alpha value is -3.03. The van der Waals surface area contributed by atoms with Crippen LogP contribution in [0.5, 0.6) is 0 Å². The van der Waals surface area contributed by atoms with Crippen molar-refractivity contribution in [3.63, 3.8) is 0 Å². The topological polar surface area (TPSA) is 111 Å². The number of carbonyl (C=O) groups excluding carboxylic acids is 2. The Kier molecular flexibility index (Phi) is 4.11. The van der Waals surface area contributed by atoms with Crippen LogP contribution in [0.1, 0.15) is 45.6 Å². The number of hydrogen-bond acceptors (Lipinski definition) is 5. The second kappa shape index (κ2) is 6.23. The Labute approximate surface area is 137 Å². The van der Waals surface area contributed by atoms with E-state index in [1.807, 2.05) is 0 Å². The van der Waals surface area contributed by atoms with E-state index in [0.29, 0.717) is 24.4 Å². The van der Waals surface area contributed by atoms with Crippen molar-refractivity contribution in [2.24, 2.45) is 12.8 Å². The second-order valence-electron chi connectivity index (χ2n) is 5.65. The fourth-order valence-corrected chi connectivity index (χ4v) is 2.92. The van der Waals surface area contributed by atoms with Crippen LogP contribution in [0.2, 0.25) is 0 Å². The predicted octanol–water partition coefficient (Wildman–Crippen LogP) is 0.251. The van der Waals surface area contributed by atoms with Crippen molar-refractivity contribution in [3.8, 4) is 0 Å². The Morgan fingerprint density at radius 1 is 1.29 bits per heavy atom. The number of nitrogens with two attached hydrogens (primary N) is 1. The van der Waals surface area contributed by atoms with Gasteiger partial charge in [0.25, 0.3) is 17.4 Å². The summed E-state index contributed by atoms with van der Waals surface area (Å²) in [5.74, 6) is -0.547. The summed E-state index contributed by atoms with van der Waals surface area (Å²) >= 11 is 0. The molecule has 124 valence electrons. The maximum Gasteiger partial charge on any atom is 0.267 e. The molecule has 8 nitrogen and oxygen atoms in total. The molecule has 3 rings (SSSR count). The van der Waals surface area contributed by atoms with Gasteiger partial charge in [-0.1, -0.05) is 0 Å². The van der Waals surface area contributed by atoms with Gasteiger partial charge < -0.3 is 10.6 Å². The highest BCUT2D eigenvalue weighted by atomic mass is 16.2. The predicted molar refractivity (Wildman–Crippen MR) is 85.2 cm³/mol. The summed E-state index contributed by atoms with van der Waals surface area (Å²) < 4.78 is 1.36. The highest BCUT2D eigenvalue weighted by molar-refractivity contribution is 5.94. The Morgan fingerprint density at radius 2 is 2.00 bits per heavy atom. The van der Waals surface area contributed by atoms with Gasteiger partial charge in [0.2, 0.25) is 0 Å². The Bertz CT molecular complexity index is 847. The van der Waals surface area contributed by atoms with E-state index in [0.717, 1.165) is 12.5 Å². The molecule has 1 saturated heterocycles. The Balaban J connectivity index is 2.01. The van der Waals surface area contributed by atoms with Gasteiger partial charge in [-0.05, 0) is 25.0 Å². The molecular formula is C16H17N5O3. The maximum absolute atomic E-state index is 12.7. The van der Waals surface area contributed by atoms with E-state index in [4.69, 9.17) is 5.73 Å². The van der Waals surface area contributed by atoms with Gasteiger partial charge in [-0.3, -0.25) is 23.9 Å². The third kappa shape index (κ3) is 2.78. The molecule has 0 aliphatic carbocycles. The number of pyridine rings is 1. The largest absolute Gasteiger partial charge is 0.364 e. The van der Waals surface area contributed by atoms with Crippen molar-refractivity contribution >= 4 is 11.8 Å². The van der Waals surface area contributed by atoms with Crippen LogP contribution in [0.25, 0.3) is 0 Å². The van der Waals surface area contributed by atoms with Crippen LogP contribution in [0.4, 0.5) is 0 Å². The van der Waals surface area contributed by atoms with Crippen molar-refractivity contribution in [1.82, 2.24) is 19.4 Å². The number of aromatic nitrogens is 3. The number of carbonyl (C=O) groups is 2. The van der Waals surface area contributed by atoms with Crippen molar-refractivity contribution in [2.45, 2.75) is 18.9 Å². The molecule has 1 atom stereocenters. The first kappa shape index (κ1) is 15.9. The smallest absolute Gasteiger partial charge is 0.267 e. The van der Waals surface area contributed by atoms with Gasteiger partial charge in [-0.15, -0.1) is 0 Å². The molecule has 0 spiro atoms. The van der Waals surface area contributed by atoms with Crippen LogP contribution in [0, 0.1) is 0 Å². The van der Waals surface area contributed by atoms with E-state index >= 15 is 0 Å². The van der Waals surface area contributed by atoms with E-state index < -0.39 is 5.91 Å². The van der Waals surface area contributed by atoms with E-state index in [9.17, 15) is 14.4 Å². The zero-order chi connectivity index (χ0) is 17.3. The Morgan fingerprint density at radius 3 is 2.67 bits per heavy atom. The first-order chi connectivity index (χ1) is 11.5. The van der Waals surface area contributed by atoms with Gasteiger partial charge in [-0.2, -0.15) is 0 Å². The van der Waals surface area contributed by atoms with Crippen molar-refractivity contribution < 1.29 is 9.59 Å². The normalized spacial score (nSPS) is 17.0. The van der Waals surface area contributed by atoms with Gasteiger partial charge in [-0.25, -0.2) is 4.98 Å². The summed E-state index contributed by atoms with van der Waals surface area (Å²) in [6.45, 7) is 0.558. The monoisotopic (exact) mass is 327 g/mol. The van der Waals surface area contributed by atoms with E-state index in [1.54, 1.807) is 36.5 Å². The summed E-state index contributed by atoms with van der Waals surface area (Å²) in [7, 11) is 1.57. The molecule has 3 heterocycles. The van der Waals surface area contributed by atoms with E-state index in [1.165, 1.54) is 4.57 Å². The van der Waals surface area contributed by atoms with Crippen LogP contribution >= 0.6 is 0 Å². The lowest BCUT2D eigenvalue weighted by molar-refractivity contribution is 0.0727. The molecule has 1 unspecified atom stereocenters. The zero-order valence-electron chi connectivity index (χ0n) is 13.2. The summed E-state index contributed by atoms with van der Waals surface area (Å²) in [6, 6.07) is 4.02. The fourth-order valence-electron chi connectivity index (χ4n) is 2.92. The molecule has 1 aliphatic heterocycles. The molecule has 2 amide bonds. The first-order valence-corrected chi connectivity index (χ1v) is 7.58. The van der Waals surface area contributed by atoms with Gasteiger partial charge >= 0.3 is 0 Å². The highest BCUT2D eigenvalue weighted by Crippen LogP contribution is 2.31. The van der Waals surface area contributed by atoms with Gasteiger partial charge in [0.1, 0.15) is 11.5 Å². The molecule has 2 aromatic heterocycles. The zero-order valence-corrected chi connectivity index (χ0v) is 13.2. The molecule has 2 N–H and O–H groups in total. The molecule has 1 fully saturated rings. The fraction of sp³-hybridized carbons (Fsp3) is 0.312. The summed E-state index contributed by atoms with van der Waals surface area (Å²) in [5, 5.41) is 0.